The van der Waals surface area contributed by atoms with Crippen LogP contribution in [0.1, 0.15) is 147 Å². The van der Waals surface area contributed by atoms with Crippen molar-refractivity contribution >= 4 is 5.97 Å². The summed E-state index contributed by atoms with van der Waals surface area (Å²) in [7, 11) is 0. The molecule has 0 aromatic heterocycles. The molecule has 0 saturated heterocycles. The fourth-order valence-electron chi connectivity index (χ4n) is 6.38. The normalized spacial score (nSPS) is 25.2. The topological polar surface area (TPSA) is 26.3 Å². The van der Waals surface area contributed by atoms with Crippen LogP contribution >= 0.6 is 0 Å². The summed E-state index contributed by atoms with van der Waals surface area (Å²) < 4.78 is 5.79. The summed E-state index contributed by atoms with van der Waals surface area (Å²) in [5, 5.41) is 0. The van der Waals surface area contributed by atoms with Gasteiger partial charge in [0.15, 0.2) is 0 Å². The Morgan fingerprint density at radius 1 is 0.676 bits per heavy atom. The maximum absolute atomic E-state index is 12.7. The van der Waals surface area contributed by atoms with Crippen LogP contribution in [0.15, 0.2) is 24.3 Å². The van der Waals surface area contributed by atoms with E-state index in [-0.39, 0.29) is 11.9 Å². The van der Waals surface area contributed by atoms with Crippen LogP contribution in [0.5, 0.6) is 5.75 Å². The largest absolute Gasteiger partial charge is 0.426 e. The molecule has 0 N–H and O–H groups in total. The van der Waals surface area contributed by atoms with Crippen LogP contribution in [0.3, 0.4) is 0 Å². The van der Waals surface area contributed by atoms with E-state index in [0.29, 0.717) is 5.92 Å². The van der Waals surface area contributed by atoms with E-state index in [1.165, 1.54) is 115 Å². The molecule has 0 atom stereocenters. The molecule has 0 spiro atoms. The van der Waals surface area contributed by atoms with Crippen LogP contribution < -0.4 is 4.74 Å². The number of rotatable bonds is 14. The second-order valence-corrected chi connectivity index (χ2v) is 11.5. The molecule has 0 heterocycles. The highest BCUT2D eigenvalue weighted by atomic mass is 16.5. The van der Waals surface area contributed by atoms with Gasteiger partial charge in [0.25, 0.3) is 0 Å². The van der Waals surface area contributed by atoms with E-state index in [9.17, 15) is 4.79 Å². The molecule has 0 bridgehead atoms. The molecule has 2 aliphatic rings. The molecule has 2 fully saturated rings. The second kappa shape index (κ2) is 15.6. The van der Waals surface area contributed by atoms with Gasteiger partial charge in [-0.3, -0.25) is 4.79 Å². The van der Waals surface area contributed by atoms with Crippen LogP contribution in [0.2, 0.25) is 0 Å². The Morgan fingerprint density at radius 2 is 1.18 bits per heavy atom. The molecule has 0 amide bonds. The van der Waals surface area contributed by atoms with Crippen LogP contribution in [-0.2, 0) is 4.79 Å². The molecule has 2 nitrogen and oxygen atoms in total. The number of carbonyl (C=O) groups is 1. The molecular formula is C32H52O2. The molecule has 3 rings (SSSR count). The number of ether oxygens (including phenoxy) is 1. The zero-order chi connectivity index (χ0) is 24.0. The fraction of sp³-hybridized carbons (Fsp3) is 0.781. The van der Waals surface area contributed by atoms with Crippen molar-refractivity contribution in [3.05, 3.63) is 29.8 Å². The number of hydrogen-bond donors (Lipinski definition) is 0. The smallest absolute Gasteiger partial charge is 0.314 e. The first-order valence-corrected chi connectivity index (χ1v) is 15.0. The van der Waals surface area contributed by atoms with Crippen molar-refractivity contribution in [1.29, 1.82) is 0 Å². The lowest BCUT2D eigenvalue weighted by Gasteiger charge is -2.29. The van der Waals surface area contributed by atoms with Gasteiger partial charge in [0.05, 0.1) is 5.92 Å². The minimum Gasteiger partial charge on any atom is -0.426 e. The predicted molar refractivity (Wildman–Crippen MR) is 144 cm³/mol. The van der Waals surface area contributed by atoms with Gasteiger partial charge in [-0.15, -0.1) is 0 Å². The van der Waals surface area contributed by atoms with E-state index >= 15 is 0 Å². The Hall–Kier alpha value is -1.31. The van der Waals surface area contributed by atoms with Crippen molar-refractivity contribution in [2.75, 3.05) is 0 Å². The van der Waals surface area contributed by atoms with Gasteiger partial charge in [0.2, 0.25) is 0 Å². The molecule has 0 aliphatic heterocycles. The van der Waals surface area contributed by atoms with Gasteiger partial charge < -0.3 is 4.74 Å². The first-order valence-electron chi connectivity index (χ1n) is 15.0. The van der Waals surface area contributed by atoms with Crippen LogP contribution in [0.4, 0.5) is 0 Å². The fourth-order valence-corrected chi connectivity index (χ4v) is 6.38. The number of benzene rings is 1. The first-order chi connectivity index (χ1) is 16.7. The molecule has 0 radical (unpaired) electrons. The minimum absolute atomic E-state index is 0.00312. The summed E-state index contributed by atoms with van der Waals surface area (Å²) in [4.78, 5) is 12.7. The summed E-state index contributed by atoms with van der Waals surface area (Å²) >= 11 is 0. The number of hydrogen-bond acceptors (Lipinski definition) is 2. The van der Waals surface area contributed by atoms with Crippen LogP contribution in [-0.4, -0.2) is 5.97 Å². The highest BCUT2D eigenvalue weighted by molar-refractivity contribution is 5.75. The zero-order valence-corrected chi connectivity index (χ0v) is 22.4. The lowest BCUT2D eigenvalue weighted by atomic mass is 9.77. The molecule has 0 unspecified atom stereocenters. The van der Waals surface area contributed by atoms with Gasteiger partial charge in [-0.05, 0) is 86.8 Å². The Labute approximate surface area is 210 Å². The summed E-state index contributed by atoms with van der Waals surface area (Å²) in [6.45, 7) is 4.56. The molecule has 2 aliphatic carbocycles. The third-order valence-electron chi connectivity index (χ3n) is 8.78. The van der Waals surface area contributed by atoms with E-state index < -0.39 is 0 Å². The van der Waals surface area contributed by atoms with Gasteiger partial charge in [-0.2, -0.15) is 0 Å². The highest BCUT2D eigenvalue weighted by Gasteiger charge is 2.28. The number of esters is 1. The number of unbranched alkanes of at least 4 members (excludes halogenated alkanes) is 7. The molecule has 1 aromatic rings. The molecular weight excluding hydrogens is 416 g/mol. The Bertz CT molecular complexity index is 663. The number of carbonyl (C=O) groups excluding carboxylic acids is 1. The maximum atomic E-state index is 12.7. The molecule has 2 heteroatoms. The van der Waals surface area contributed by atoms with Crippen molar-refractivity contribution in [1.82, 2.24) is 0 Å². The van der Waals surface area contributed by atoms with E-state index in [1.807, 2.05) is 12.1 Å². The second-order valence-electron chi connectivity index (χ2n) is 11.5. The highest BCUT2D eigenvalue weighted by Crippen LogP contribution is 2.38. The van der Waals surface area contributed by atoms with Gasteiger partial charge >= 0.3 is 5.97 Å². The predicted octanol–water partition coefficient (Wildman–Crippen LogP) is 10.0. The molecule has 192 valence electrons. The van der Waals surface area contributed by atoms with Gasteiger partial charge in [0.1, 0.15) is 5.75 Å². The van der Waals surface area contributed by atoms with Crippen molar-refractivity contribution in [3.63, 3.8) is 0 Å². The summed E-state index contributed by atoms with van der Waals surface area (Å²) in [5.41, 5.74) is 1.43. The summed E-state index contributed by atoms with van der Waals surface area (Å²) in [6, 6.07) is 8.50. The van der Waals surface area contributed by atoms with Gasteiger partial charge in [-0.25, -0.2) is 0 Å². The first kappa shape index (κ1) is 27.3. The van der Waals surface area contributed by atoms with Gasteiger partial charge in [0, 0.05) is 0 Å². The lowest BCUT2D eigenvalue weighted by molar-refractivity contribution is -0.140. The van der Waals surface area contributed by atoms with Gasteiger partial charge in [-0.1, -0.05) is 96.6 Å². The maximum Gasteiger partial charge on any atom is 0.314 e. The molecule has 34 heavy (non-hydrogen) atoms. The van der Waals surface area contributed by atoms with Crippen LogP contribution in [0.25, 0.3) is 0 Å². The Kier molecular flexibility index (Phi) is 12.5. The average Bonchev–Trinajstić information content (AvgIpc) is 2.88. The van der Waals surface area contributed by atoms with Crippen molar-refractivity contribution in [2.24, 2.45) is 17.8 Å². The van der Waals surface area contributed by atoms with E-state index in [0.717, 1.165) is 30.4 Å². The Morgan fingerprint density at radius 3 is 1.74 bits per heavy atom. The molecule has 2 saturated carbocycles. The summed E-state index contributed by atoms with van der Waals surface area (Å²) in [6.07, 6.45) is 25.0. The average molecular weight is 469 g/mol. The Balaban J connectivity index is 1.33. The summed E-state index contributed by atoms with van der Waals surface area (Å²) in [5.74, 6) is 3.30. The third kappa shape index (κ3) is 9.38. The lowest BCUT2D eigenvalue weighted by Crippen LogP contribution is -2.25. The quantitative estimate of drug-likeness (QED) is 0.154. The van der Waals surface area contributed by atoms with Crippen molar-refractivity contribution in [2.45, 2.75) is 142 Å². The van der Waals surface area contributed by atoms with E-state index in [1.54, 1.807) is 0 Å². The van der Waals surface area contributed by atoms with E-state index in [2.05, 4.69) is 26.0 Å². The third-order valence-corrected chi connectivity index (χ3v) is 8.78. The van der Waals surface area contributed by atoms with Crippen LogP contribution in [0, 0.1) is 17.8 Å². The minimum atomic E-state index is -0.00312. The van der Waals surface area contributed by atoms with E-state index in [4.69, 9.17) is 4.74 Å². The van der Waals surface area contributed by atoms with Crippen molar-refractivity contribution in [3.8, 4) is 5.75 Å². The zero-order valence-electron chi connectivity index (χ0n) is 22.4. The van der Waals surface area contributed by atoms with Crippen molar-refractivity contribution < 1.29 is 9.53 Å². The molecule has 1 aromatic carbocycles. The SMILES string of the molecule is CCCCCCCC1CCC(c2ccc(OC(=O)C3CCC(CCCCCC)CC3)cc2)CC1. The standard InChI is InChI=1S/C32H52O2/c1-3-5-7-9-11-13-26-14-18-28(19-15-26)29-22-24-31(25-23-29)34-32(33)30-20-16-27(17-21-30)12-10-8-6-4-2/h22-28,30H,3-21H2,1-2H3. The monoisotopic (exact) mass is 468 g/mol.